The van der Waals surface area contributed by atoms with Gasteiger partial charge >= 0.3 is 0 Å². The van der Waals surface area contributed by atoms with Crippen LogP contribution in [0.15, 0.2) is 164 Å². The zero-order valence-electron chi connectivity index (χ0n) is 60.3. The second kappa shape index (κ2) is 27.2. The average molecular weight is 1350 g/mol. The van der Waals surface area contributed by atoms with E-state index in [1.165, 1.54) is 28.5 Å². The van der Waals surface area contributed by atoms with E-state index < -0.39 is 11.8 Å². The van der Waals surface area contributed by atoms with Gasteiger partial charge in [-0.25, -0.2) is 14.9 Å². The molecule has 9 aromatic carbocycles. The third-order valence-corrected chi connectivity index (χ3v) is 20.8. The molecule has 512 valence electrons. The lowest BCUT2D eigenvalue weighted by Crippen LogP contribution is -2.40. The second-order valence-corrected chi connectivity index (χ2v) is 29.9. The van der Waals surface area contributed by atoms with Crippen LogP contribution in [0.3, 0.4) is 0 Å². The standard InChI is InChI=1S/C91H88N6O5/c1-11-14-17-21-65-72-44-46-74(93-72)66(22-18-15-12-2)76-48-50-78(95-76)82(79-51-49-77(96-79)67(23-19-16-13-3)75-47-45-73(65)94-75)56-28-36-60(37-29-56)97-88(99)70-52-80(101-61-38-30-57(31-39-61)90(5,6)7)85-68-25-20-24-64-63(55-26-34-59(35-27-55)92-54(4)98)42-43-69(83(64)68)86-81(53-71(89(97)100)84(70)87(85)86)102-62-40-32-58(33-41-62)91(8,9)10/h20,24-53,93,96H,11-19,21-23H2,1-10H3,(H,92,98). The average Bonchev–Trinajstić information content (AvgIpc) is 0.795. The van der Waals surface area contributed by atoms with Crippen LogP contribution < -0.4 is 19.7 Å². The molecule has 8 bridgehead atoms. The molecule has 3 aliphatic heterocycles. The van der Waals surface area contributed by atoms with Crippen molar-refractivity contribution in [3.8, 4) is 45.3 Å². The van der Waals surface area contributed by atoms with E-state index in [0.717, 1.165) is 188 Å². The van der Waals surface area contributed by atoms with Crippen molar-refractivity contribution in [3.63, 3.8) is 0 Å². The summed E-state index contributed by atoms with van der Waals surface area (Å²) >= 11 is 0. The monoisotopic (exact) mass is 1340 g/mol. The molecular formula is C91H88N6O5. The van der Waals surface area contributed by atoms with Gasteiger partial charge in [0.2, 0.25) is 5.91 Å². The summed E-state index contributed by atoms with van der Waals surface area (Å²) in [4.78, 5) is 64.6. The number of hydrogen-bond donors (Lipinski definition) is 3. The summed E-state index contributed by atoms with van der Waals surface area (Å²) in [5, 5.41) is 9.33. The molecule has 0 unspecified atom stereocenters. The predicted molar refractivity (Wildman–Crippen MR) is 423 cm³/mol. The largest absolute Gasteiger partial charge is 0.457 e. The second-order valence-electron chi connectivity index (χ2n) is 29.9. The Morgan fingerprint density at radius 3 is 1.36 bits per heavy atom. The minimum atomic E-state index is -0.479. The molecule has 3 amide bonds. The first-order chi connectivity index (χ1) is 49.3. The topological polar surface area (TPSA) is 142 Å². The highest BCUT2D eigenvalue weighted by Crippen LogP contribution is 2.54. The van der Waals surface area contributed by atoms with Crippen LogP contribution in [0.5, 0.6) is 23.0 Å². The van der Waals surface area contributed by atoms with Crippen LogP contribution in [-0.4, -0.2) is 37.7 Å². The molecule has 0 radical (unpaired) electrons. The van der Waals surface area contributed by atoms with E-state index in [9.17, 15) is 4.79 Å². The van der Waals surface area contributed by atoms with Crippen LogP contribution in [0.4, 0.5) is 11.4 Å². The van der Waals surface area contributed by atoms with E-state index in [4.69, 9.17) is 19.4 Å². The minimum absolute atomic E-state index is 0.112. The van der Waals surface area contributed by atoms with Gasteiger partial charge in [0, 0.05) is 78.5 Å². The number of fused-ring (bicyclic) bond motifs is 10. The molecular weight excluding hydrogens is 1260 g/mol. The number of H-pyrrole nitrogens is 2. The van der Waals surface area contributed by atoms with E-state index in [2.05, 4.69) is 181 Å². The van der Waals surface area contributed by atoms with E-state index in [1.54, 1.807) is 0 Å². The van der Waals surface area contributed by atoms with Crippen LogP contribution in [0.1, 0.15) is 198 Å². The number of imide groups is 1. The lowest BCUT2D eigenvalue weighted by Gasteiger charge is -2.30. The SMILES string of the molecule is CCCCCc1c2nc(c(CCCCC)c3ccc([nH]3)c(-c3ccc(N4C(=O)c5cc(Oc6ccc(C(C)(C)C)cc6)c6c7cccc8c(-c9ccc(NC(C)=O)cc9)ccc(c9c(Oc%10ccc(C(C)(C)C)cc%10)cc(c5c69)C4=O)c87)cc3)c3nc(c(CCCCC)c4ccc1[nH]4)C=C3)C=C2. The van der Waals surface area contributed by atoms with E-state index in [1.807, 2.05) is 84.9 Å². The van der Waals surface area contributed by atoms with Gasteiger partial charge in [-0.2, -0.15) is 0 Å². The number of carbonyl (C=O) groups is 3. The van der Waals surface area contributed by atoms with Gasteiger partial charge in [0.1, 0.15) is 23.0 Å². The quantitative estimate of drug-likeness (QED) is 0.0298. The van der Waals surface area contributed by atoms with Gasteiger partial charge in [-0.15, -0.1) is 0 Å². The zero-order valence-corrected chi connectivity index (χ0v) is 60.3. The Labute approximate surface area is 597 Å². The van der Waals surface area contributed by atoms with Gasteiger partial charge in [0.25, 0.3) is 11.8 Å². The number of nitrogens with one attached hydrogen (secondary N) is 3. The molecule has 102 heavy (non-hydrogen) atoms. The zero-order chi connectivity index (χ0) is 70.7. The first-order valence-electron chi connectivity index (χ1n) is 36.7. The van der Waals surface area contributed by atoms with Gasteiger partial charge in [-0.05, 0) is 208 Å². The maximum atomic E-state index is 16.2. The van der Waals surface area contributed by atoms with Crippen molar-refractivity contribution < 1.29 is 23.9 Å². The first kappa shape index (κ1) is 66.9. The maximum Gasteiger partial charge on any atom is 0.266 e. The fraction of sp³-hybridized carbons (Fsp3) is 0.264. The predicted octanol–water partition coefficient (Wildman–Crippen LogP) is 24.2. The number of anilines is 2. The number of amides is 3. The van der Waals surface area contributed by atoms with Crippen LogP contribution in [0.25, 0.3) is 112 Å². The van der Waals surface area contributed by atoms with Crippen molar-refractivity contribution in [1.29, 1.82) is 0 Å². The molecule has 0 fully saturated rings. The molecule has 0 spiro atoms. The Bertz CT molecular complexity index is 5400. The van der Waals surface area contributed by atoms with Gasteiger partial charge < -0.3 is 24.8 Å². The molecule has 0 saturated heterocycles. The maximum absolute atomic E-state index is 16.2. The summed E-state index contributed by atoms with van der Waals surface area (Å²) in [5.74, 6) is 0.998. The highest BCUT2D eigenvalue weighted by molar-refractivity contribution is 6.44. The number of aromatic amines is 2. The Morgan fingerprint density at radius 1 is 0.441 bits per heavy atom. The molecule has 11 nitrogen and oxygen atoms in total. The molecule has 12 aromatic rings. The highest BCUT2D eigenvalue weighted by Gasteiger charge is 2.39. The van der Waals surface area contributed by atoms with Crippen LogP contribution >= 0.6 is 0 Å². The van der Waals surface area contributed by atoms with E-state index >= 15 is 9.59 Å². The fourth-order valence-corrected chi connectivity index (χ4v) is 15.4. The molecule has 0 saturated carbocycles. The summed E-state index contributed by atoms with van der Waals surface area (Å²) in [6.45, 7) is 21.4. The van der Waals surface area contributed by atoms with Crippen LogP contribution in [-0.2, 0) is 34.9 Å². The van der Waals surface area contributed by atoms with Crippen molar-refractivity contribution in [1.82, 2.24) is 19.9 Å². The van der Waals surface area contributed by atoms with Crippen molar-refractivity contribution in [2.24, 2.45) is 0 Å². The van der Waals surface area contributed by atoms with Gasteiger partial charge in [0.05, 0.1) is 39.6 Å². The molecule has 3 aromatic heterocycles. The third kappa shape index (κ3) is 12.5. The fourth-order valence-electron chi connectivity index (χ4n) is 15.4. The molecule has 0 aliphatic carbocycles. The van der Waals surface area contributed by atoms with Crippen molar-refractivity contribution >= 4 is 119 Å². The Morgan fingerprint density at radius 2 is 0.882 bits per heavy atom. The number of carbonyl (C=O) groups excluding carboxylic acids is 3. The summed E-state index contributed by atoms with van der Waals surface area (Å²) in [6.07, 6.45) is 21.2. The van der Waals surface area contributed by atoms with Crippen LogP contribution in [0.2, 0.25) is 0 Å². The van der Waals surface area contributed by atoms with Crippen molar-refractivity contribution in [2.75, 3.05) is 10.2 Å². The van der Waals surface area contributed by atoms with Gasteiger partial charge in [-0.1, -0.05) is 180 Å². The minimum Gasteiger partial charge on any atom is -0.457 e. The number of ether oxygens (including phenoxy) is 2. The smallest absolute Gasteiger partial charge is 0.266 e. The normalized spacial score (nSPS) is 13.1. The number of unbranched alkanes of at least 4 members (excludes halogenated alkanes) is 6. The number of aryl methyl sites for hydroxylation is 3. The van der Waals surface area contributed by atoms with E-state index in [0.29, 0.717) is 56.3 Å². The third-order valence-electron chi connectivity index (χ3n) is 20.8. The number of nitrogens with zero attached hydrogens (tertiary/aromatic N) is 3. The Kier molecular flexibility index (Phi) is 17.9. The molecule has 3 N–H and O–H groups in total. The van der Waals surface area contributed by atoms with Crippen molar-refractivity contribution in [2.45, 2.75) is 157 Å². The summed E-state index contributed by atoms with van der Waals surface area (Å²) < 4.78 is 14.4. The first-order valence-corrected chi connectivity index (χ1v) is 36.7. The molecule has 0 atom stereocenters. The lowest BCUT2D eigenvalue weighted by atomic mass is 9.82. The lowest BCUT2D eigenvalue weighted by molar-refractivity contribution is -0.114. The van der Waals surface area contributed by atoms with Gasteiger partial charge in [0.15, 0.2) is 0 Å². The summed E-state index contributed by atoms with van der Waals surface area (Å²) in [6, 6.07) is 55.1. The number of rotatable bonds is 20. The number of hydrogen-bond acceptors (Lipinski definition) is 7. The highest BCUT2D eigenvalue weighted by atomic mass is 16.5. The molecule has 11 heteroatoms. The van der Waals surface area contributed by atoms with Gasteiger partial charge in [-0.3, -0.25) is 14.4 Å². The van der Waals surface area contributed by atoms with Crippen molar-refractivity contribution in [3.05, 3.63) is 226 Å². The molecule has 3 aliphatic rings. The Hall–Kier alpha value is -10.9. The summed E-state index contributed by atoms with van der Waals surface area (Å²) in [5.41, 5.74) is 18.9. The Balaban J connectivity index is 0.929. The number of aromatic nitrogens is 4. The summed E-state index contributed by atoms with van der Waals surface area (Å²) in [7, 11) is 0. The molecule has 6 heterocycles. The number of benzene rings is 9. The van der Waals surface area contributed by atoms with E-state index in [-0.39, 0.29) is 16.7 Å². The van der Waals surface area contributed by atoms with Crippen LogP contribution in [0, 0.1) is 0 Å². The molecule has 15 rings (SSSR count).